The molecule has 13 heteroatoms. The number of aromatic nitrogens is 2. The lowest BCUT2D eigenvalue weighted by atomic mass is 9.93. The van der Waals surface area contributed by atoms with Gasteiger partial charge in [0, 0.05) is 5.56 Å². The Balaban J connectivity index is 0.000000509. The molecule has 0 spiro atoms. The van der Waals surface area contributed by atoms with E-state index in [4.69, 9.17) is 19.9 Å². The lowest BCUT2D eigenvalue weighted by Gasteiger charge is -2.37. The number of hydrogen-bond acceptors (Lipinski definition) is 10. The number of nitrogen functional groups attached to an aromatic ring is 1. The van der Waals surface area contributed by atoms with Crippen LogP contribution in [0.2, 0.25) is 0 Å². The van der Waals surface area contributed by atoms with Gasteiger partial charge in [-0.3, -0.25) is 9.36 Å². The number of carbonyl (C=O) groups is 1. The molecular weight excluding hydrogens is 544 g/mol. The van der Waals surface area contributed by atoms with Gasteiger partial charge in [0.1, 0.15) is 19.0 Å². The van der Waals surface area contributed by atoms with Crippen molar-refractivity contribution in [1.82, 2.24) is 9.55 Å². The first kappa shape index (κ1) is 24.6. The number of aliphatic hydroxyl groups excluding tert-OH is 2. The van der Waals surface area contributed by atoms with Crippen molar-refractivity contribution in [3.05, 3.63) is 58.4 Å². The lowest BCUT2D eigenvalue weighted by Crippen LogP contribution is -2.61. The highest BCUT2D eigenvalue weighted by Gasteiger charge is 2.69. The molecule has 1 aromatic carbocycles. The first-order valence-corrected chi connectivity index (χ1v) is 10.4. The Bertz CT molecular complexity index is 1010. The standard InChI is InChI=1S/C16H15FIN3O6.C3H6O2/c17-9-6-21(14(25)20-13(9)19)16(11(23)8-4-2-1-3-5-8)15(18,26)12(24)10(7-22)27-16;1-2-5-3-4-1/h1-6,10,12,22,24,26H,7H2,(H2,19,20,25);1-3H2/t10-,12-,15-,16-;/m1./s1. The van der Waals surface area contributed by atoms with Crippen molar-refractivity contribution >= 4 is 34.2 Å². The van der Waals surface area contributed by atoms with Gasteiger partial charge in [-0.2, -0.15) is 4.98 Å². The molecule has 0 bridgehead atoms. The van der Waals surface area contributed by atoms with Gasteiger partial charge in [-0.15, -0.1) is 0 Å². The van der Waals surface area contributed by atoms with E-state index in [0.29, 0.717) is 17.6 Å². The van der Waals surface area contributed by atoms with Crippen LogP contribution >= 0.6 is 22.6 Å². The second kappa shape index (κ2) is 9.86. The van der Waals surface area contributed by atoms with Crippen molar-refractivity contribution in [3.63, 3.8) is 0 Å². The first-order valence-electron chi connectivity index (χ1n) is 9.35. The summed E-state index contributed by atoms with van der Waals surface area (Å²) in [5.74, 6) is -2.77. The van der Waals surface area contributed by atoms with Gasteiger partial charge in [0.05, 0.1) is 26.0 Å². The molecular formula is C19H21FIN3O8. The number of rotatable bonds is 4. The fourth-order valence-corrected chi connectivity index (χ4v) is 4.28. The molecule has 1 aromatic heterocycles. The molecule has 2 aromatic rings. The number of benzene rings is 1. The minimum Gasteiger partial charge on any atom is -0.394 e. The number of Topliss-reactive ketones (excluding diaryl/α,β-unsaturated/α-hetero) is 1. The predicted octanol–water partition coefficient (Wildman–Crippen LogP) is -0.633. The molecule has 3 heterocycles. The van der Waals surface area contributed by atoms with Crippen molar-refractivity contribution < 1.29 is 38.7 Å². The highest BCUT2D eigenvalue weighted by molar-refractivity contribution is 14.1. The van der Waals surface area contributed by atoms with Crippen LogP contribution in [0.3, 0.4) is 0 Å². The zero-order valence-corrected chi connectivity index (χ0v) is 18.7. The second-order valence-electron chi connectivity index (χ2n) is 6.86. The second-order valence-corrected chi connectivity index (χ2v) is 8.50. The molecule has 4 atom stereocenters. The molecule has 0 radical (unpaired) electrons. The molecule has 0 aliphatic carbocycles. The van der Waals surface area contributed by atoms with Gasteiger partial charge in [-0.25, -0.2) is 9.18 Å². The smallest absolute Gasteiger partial charge is 0.352 e. The van der Waals surface area contributed by atoms with Crippen LogP contribution in [0.25, 0.3) is 0 Å². The highest BCUT2D eigenvalue weighted by atomic mass is 127. The summed E-state index contributed by atoms with van der Waals surface area (Å²) >= 11 is 1.34. The number of ketones is 1. The highest BCUT2D eigenvalue weighted by Crippen LogP contribution is 2.49. The van der Waals surface area contributed by atoms with Gasteiger partial charge < -0.3 is 35.3 Å². The maximum absolute atomic E-state index is 14.1. The SMILES string of the molecule is C1COCO1.Nc1nc(=O)n([C@]2(C(=O)c3ccccc3)O[C@H](CO)[C@@H](O)[C@]2(O)I)cc1F. The van der Waals surface area contributed by atoms with Crippen molar-refractivity contribution in [2.75, 3.05) is 32.3 Å². The number of nitrogens with zero attached hydrogens (tertiary/aromatic N) is 2. The zero-order chi connectivity index (χ0) is 23.5. The van der Waals surface area contributed by atoms with Crippen LogP contribution in [-0.2, 0) is 19.9 Å². The Labute approximate surface area is 194 Å². The zero-order valence-electron chi connectivity index (χ0n) is 16.6. The third-order valence-electron chi connectivity index (χ3n) is 4.85. The number of ether oxygens (including phenoxy) is 3. The normalized spacial score (nSPS) is 29.4. The van der Waals surface area contributed by atoms with E-state index < -0.39 is 51.3 Å². The Morgan fingerprint density at radius 2 is 1.94 bits per heavy atom. The molecule has 0 saturated carbocycles. The van der Waals surface area contributed by atoms with Crippen LogP contribution in [0.1, 0.15) is 10.4 Å². The number of anilines is 1. The Hall–Kier alpha value is -2.01. The summed E-state index contributed by atoms with van der Waals surface area (Å²) in [6.45, 7) is 1.29. The van der Waals surface area contributed by atoms with Crippen molar-refractivity contribution in [3.8, 4) is 0 Å². The first-order chi connectivity index (χ1) is 15.2. The summed E-state index contributed by atoms with van der Waals surface area (Å²) in [6, 6.07) is 7.49. The number of alkyl halides is 1. The molecule has 2 fully saturated rings. The quantitative estimate of drug-likeness (QED) is 0.213. The van der Waals surface area contributed by atoms with E-state index in [0.717, 1.165) is 13.2 Å². The molecule has 2 aliphatic rings. The van der Waals surface area contributed by atoms with E-state index in [1.54, 1.807) is 6.07 Å². The number of carbonyl (C=O) groups excluding carboxylic acids is 1. The molecule has 0 unspecified atom stereocenters. The van der Waals surface area contributed by atoms with Crippen molar-refractivity contribution in [2.24, 2.45) is 0 Å². The van der Waals surface area contributed by atoms with E-state index in [9.17, 15) is 29.3 Å². The van der Waals surface area contributed by atoms with Crippen LogP contribution in [0, 0.1) is 5.82 Å². The summed E-state index contributed by atoms with van der Waals surface area (Å²) in [5, 5.41) is 30.8. The van der Waals surface area contributed by atoms with Gasteiger partial charge in [0.2, 0.25) is 9.39 Å². The third kappa shape index (κ3) is 4.28. The fourth-order valence-electron chi connectivity index (χ4n) is 3.25. The number of nitrogens with two attached hydrogens (primary N) is 1. The minimum atomic E-state index is -2.60. The molecule has 2 saturated heterocycles. The summed E-state index contributed by atoms with van der Waals surface area (Å²) in [4.78, 5) is 29.0. The van der Waals surface area contributed by atoms with Gasteiger partial charge in [-0.05, 0) is 22.6 Å². The fraction of sp³-hybridized carbons (Fsp3) is 0.421. The van der Waals surface area contributed by atoms with E-state index in [2.05, 4.69) is 4.98 Å². The summed E-state index contributed by atoms with van der Waals surface area (Å²) in [6.07, 6.45) is -2.63. The molecule has 2 aliphatic heterocycles. The summed E-state index contributed by atoms with van der Waals surface area (Å²) in [7, 11) is 0. The molecule has 32 heavy (non-hydrogen) atoms. The van der Waals surface area contributed by atoms with Crippen LogP contribution in [-0.4, -0.2) is 73.1 Å². The largest absolute Gasteiger partial charge is 0.394 e. The molecule has 0 amide bonds. The number of aliphatic hydroxyl groups is 3. The molecule has 5 N–H and O–H groups in total. The van der Waals surface area contributed by atoms with Gasteiger partial charge >= 0.3 is 5.69 Å². The van der Waals surface area contributed by atoms with E-state index in [1.807, 2.05) is 0 Å². The number of hydrogen-bond donors (Lipinski definition) is 4. The Morgan fingerprint density at radius 1 is 1.31 bits per heavy atom. The maximum atomic E-state index is 14.1. The monoisotopic (exact) mass is 565 g/mol. The summed E-state index contributed by atoms with van der Waals surface area (Å²) < 4.78 is 27.0. The Morgan fingerprint density at radius 3 is 2.44 bits per heavy atom. The Kier molecular flexibility index (Phi) is 7.59. The number of halogens is 2. The van der Waals surface area contributed by atoms with Crippen LogP contribution in [0.15, 0.2) is 41.3 Å². The van der Waals surface area contributed by atoms with Crippen LogP contribution in [0.5, 0.6) is 0 Å². The topological polar surface area (TPSA) is 166 Å². The molecule has 4 rings (SSSR count). The summed E-state index contributed by atoms with van der Waals surface area (Å²) in [5.41, 5.74) is 1.53. The molecule has 11 nitrogen and oxygen atoms in total. The van der Waals surface area contributed by atoms with Crippen molar-refractivity contribution in [1.29, 1.82) is 0 Å². The third-order valence-corrected chi connectivity index (χ3v) is 6.22. The van der Waals surface area contributed by atoms with Gasteiger partial charge in [0.25, 0.3) is 5.72 Å². The van der Waals surface area contributed by atoms with E-state index >= 15 is 0 Å². The predicted molar refractivity (Wildman–Crippen MR) is 115 cm³/mol. The average Bonchev–Trinajstić information content (AvgIpc) is 3.42. The van der Waals surface area contributed by atoms with Crippen molar-refractivity contribution in [2.45, 2.75) is 21.5 Å². The van der Waals surface area contributed by atoms with E-state index in [1.165, 1.54) is 46.9 Å². The minimum absolute atomic E-state index is 0.0162. The average molecular weight is 565 g/mol. The van der Waals surface area contributed by atoms with Crippen LogP contribution in [0.4, 0.5) is 10.2 Å². The van der Waals surface area contributed by atoms with Gasteiger partial charge in [-0.1, -0.05) is 30.3 Å². The van der Waals surface area contributed by atoms with E-state index in [-0.39, 0.29) is 5.56 Å². The van der Waals surface area contributed by atoms with Gasteiger partial charge in [0.15, 0.2) is 11.6 Å². The molecule has 174 valence electrons. The lowest BCUT2D eigenvalue weighted by molar-refractivity contribution is -0.123. The van der Waals surface area contributed by atoms with Crippen LogP contribution < -0.4 is 11.4 Å². The maximum Gasteiger partial charge on any atom is 0.352 e.